The zero-order valence-corrected chi connectivity index (χ0v) is 23.2. The lowest BCUT2D eigenvalue weighted by atomic mass is 9.94. The van der Waals surface area contributed by atoms with Crippen LogP contribution in [0.3, 0.4) is 0 Å². The van der Waals surface area contributed by atoms with Gasteiger partial charge >= 0.3 is 5.97 Å². The molecule has 0 aliphatic rings. The second-order valence-electron chi connectivity index (χ2n) is 10.1. The Balaban J connectivity index is 2.15. The first kappa shape index (κ1) is 31.5. The maximum Gasteiger partial charge on any atom is 0.326 e. The lowest BCUT2D eigenvalue weighted by Crippen LogP contribution is -2.60. The number of nitrogens with two attached hydrogens (primary N) is 1. The number of aliphatic carboxylic acids is 1. The van der Waals surface area contributed by atoms with E-state index in [9.17, 15) is 24.3 Å². The number of carbonyl (C=O) groups is 4. The van der Waals surface area contributed by atoms with E-state index in [0.717, 1.165) is 11.1 Å². The highest BCUT2D eigenvalue weighted by Crippen LogP contribution is 2.14. The average Bonchev–Trinajstić information content (AvgIpc) is 2.94. The third-order valence-electron chi connectivity index (χ3n) is 7.12. The fourth-order valence-corrected chi connectivity index (χ4v) is 4.18. The largest absolute Gasteiger partial charge is 0.480 e. The monoisotopic (exact) mass is 538 g/mol. The number of carboxylic acid groups (broad SMARTS) is 1. The molecule has 0 spiro atoms. The molecule has 212 valence electrons. The topological polar surface area (TPSA) is 151 Å². The van der Waals surface area contributed by atoms with Crippen LogP contribution in [0.5, 0.6) is 0 Å². The molecule has 2 aromatic carbocycles. The van der Waals surface area contributed by atoms with Crippen LogP contribution in [-0.2, 0) is 32.0 Å². The van der Waals surface area contributed by atoms with E-state index in [4.69, 9.17) is 5.73 Å². The van der Waals surface area contributed by atoms with E-state index in [-0.39, 0.29) is 18.3 Å². The van der Waals surface area contributed by atoms with Gasteiger partial charge < -0.3 is 26.8 Å². The zero-order chi connectivity index (χ0) is 28.9. The molecule has 2 aromatic rings. The zero-order valence-electron chi connectivity index (χ0n) is 23.2. The summed E-state index contributed by atoms with van der Waals surface area (Å²) in [6.07, 6.45) is 1.59. The minimum Gasteiger partial charge on any atom is -0.480 e. The molecule has 0 radical (unpaired) electrons. The molecular formula is C30H42N4O5. The molecule has 0 aromatic heterocycles. The molecule has 3 amide bonds. The van der Waals surface area contributed by atoms with Crippen LogP contribution < -0.4 is 21.7 Å². The predicted molar refractivity (Wildman–Crippen MR) is 151 cm³/mol. The van der Waals surface area contributed by atoms with Crippen LogP contribution in [0.25, 0.3) is 0 Å². The van der Waals surface area contributed by atoms with Gasteiger partial charge in [-0.05, 0) is 29.4 Å². The SMILES string of the molecule is CCC(C)C(NC(=O)C(N)Cc1ccccc1)C(=O)NC(C(=O)NC(Cc1ccccc1)C(=O)O)C(C)CC. The molecule has 6 N–H and O–H groups in total. The summed E-state index contributed by atoms with van der Waals surface area (Å²) in [6, 6.07) is 14.5. The molecule has 9 nitrogen and oxygen atoms in total. The standard InChI is InChI=1S/C30H42N4O5/c1-5-19(3)25(28(36)32-24(30(38)39)18-22-15-11-8-12-16-22)34-29(37)26(20(4)6-2)33-27(35)23(31)17-21-13-9-7-10-14-21/h7-16,19-20,23-26H,5-6,17-18,31H2,1-4H3,(H,32,36)(H,33,35)(H,34,37)(H,38,39). The number of rotatable bonds is 15. The normalized spacial score (nSPS) is 15.6. The Bertz CT molecular complexity index is 1080. The van der Waals surface area contributed by atoms with Crippen molar-refractivity contribution in [3.63, 3.8) is 0 Å². The van der Waals surface area contributed by atoms with Gasteiger partial charge in [-0.25, -0.2) is 4.79 Å². The van der Waals surface area contributed by atoms with Crippen molar-refractivity contribution >= 4 is 23.7 Å². The Kier molecular flexibility index (Phi) is 12.6. The van der Waals surface area contributed by atoms with Gasteiger partial charge in [-0.3, -0.25) is 14.4 Å². The summed E-state index contributed by atoms with van der Waals surface area (Å²) in [6.45, 7) is 7.43. The van der Waals surface area contributed by atoms with Crippen molar-refractivity contribution in [3.8, 4) is 0 Å². The number of carbonyl (C=O) groups excluding carboxylic acids is 3. The number of amides is 3. The number of carboxylic acids is 1. The van der Waals surface area contributed by atoms with Crippen molar-refractivity contribution in [2.45, 2.75) is 77.5 Å². The minimum absolute atomic E-state index is 0.105. The molecule has 0 fully saturated rings. The Morgan fingerprint density at radius 2 is 1.10 bits per heavy atom. The molecule has 0 heterocycles. The molecule has 0 saturated heterocycles. The third-order valence-corrected chi connectivity index (χ3v) is 7.12. The molecule has 0 saturated carbocycles. The summed E-state index contributed by atoms with van der Waals surface area (Å²) in [7, 11) is 0. The first-order valence-corrected chi connectivity index (χ1v) is 13.5. The van der Waals surface area contributed by atoms with Crippen LogP contribution in [-0.4, -0.2) is 53.0 Å². The Hall–Kier alpha value is -3.72. The molecule has 6 atom stereocenters. The van der Waals surface area contributed by atoms with Crippen LogP contribution in [0.15, 0.2) is 60.7 Å². The van der Waals surface area contributed by atoms with Crippen LogP contribution in [0.2, 0.25) is 0 Å². The number of nitrogens with one attached hydrogen (secondary N) is 3. The van der Waals surface area contributed by atoms with Gasteiger partial charge in [-0.2, -0.15) is 0 Å². The molecule has 2 rings (SSSR count). The van der Waals surface area contributed by atoms with Crippen LogP contribution in [0.4, 0.5) is 0 Å². The smallest absolute Gasteiger partial charge is 0.326 e. The van der Waals surface area contributed by atoms with Gasteiger partial charge in [-0.1, -0.05) is 101 Å². The first-order chi connectivity index (χ1) is 18.6. The van der Waals surface area contributed by atoms with Crippen molar-refractivity contribution in [1.82, 2.24) is 16.0 Å². The quantitative estimate of drug-likeness (QED) is 0.235. The van der Waals surface area contributed by atoms with Crippen molar-refractivity contribution in [1.29, 1.82) is 0 Å². The second-order valence-corrected chi connectivity index (χ2v) is 10.1. The van der Waals surface area contributed by atoms with Crippen molar-refractivity contribution in [3.05, 3.63) is 71.8 Å². The maximum atomic E-state index is 13.4. The summed E-state index contributed by atoms with van der Waals surface area (Å²) < 4.78 is 0. The third kappa shape index (κ3) is 9.83. The van der Waals surface area contributed by atoms with E-state index in [1.807, 2.05) is 64.1 Å². The molecule has 39 heavy (non-hydrogen) atoms. The van der Waals surface area contributed by atoms with Gasteiger partial charge in [0.05, 0.1) is 6.04 Å². The van der Waals surface area contributed by atoms with Gasteiger partial charge in [0.25, 0.3) is 0 Å². The highest BCUT2D eigenvalue weighted by molar-refractivity contribution is 5.94. The van der Waals surface area contributed by atoms with Gasteiger partial charge in [-0.15, -0.1) is 0 Å². The van der Waals surface area contributed by atoms with E-state index < -0.39 is 47.9 Å². The van der Waals surface area contributed by atoms with Gasteiger partial charge in [0.2, 0.25) is 17.7 Å². The van der Waals surface area contributed by atoms with E-state index in [0.29, 0.717) is 19.3 Å². The Labute approximate surface area is 230 Å². The second kappa shape index (κ2) is 15.6. The van der Waals surface area contributed by atoms with E-state index in [1.54, 1.807) is 24.3 Å². The van der Waals surface area contributed by atoms with Crippen molar-refractivity contribution in [2.24, 2.45) is 17.6 Å². The molecule has 0 aliphatic heterocycles. The van der Waals surface area contributed by atoms with Crippen LogP contribution in [0, 0.1) is 11.8 Å². The molecule has 9 heteroatoms. The van der Waals surface area contributed by atoms with Crippen LogP contribution >= 0.6 is 0 Å². The average molecular weight is 539 g/mol. The Morgan fingerprint density at radius 1 is 0.692 bits per heavy atom. The summed E-state index contributed by atoms with van der Waals surface area (Å²) >= 11 is 0. The lowest BCUT2D eigenvalue weighted by molar-refractivity contribution is -0.142. The van der Waals surface area contributed by atoms with Crippen molar-refractivity contribution in [2.75, 3.05) is 0 Å². The molecule has 6 unspecified atom stereocenters. The molecule has 0 aliphatic carbocycles. The van der Waals surface area contributed by atoms with E-state index in [1.165, 1.54) is 0 Å². The molecular weight excluding hydrogens is 496 g/mol. The van der Waals surface area contributed by atoms with E-state index >= 15 is 0 Å². The van der Waals surface area contributed by atoms with Crippen LogP contribution in [0.1, 0.15) is 51.7 Å². The highest BCUT2D eigenvalue weighted by atomic mass is 16.4. The lowest BCUT2D eigenvalue weighted by Gasteiger charge is -2.30. The number of benzene rings is 2. The minimum atomic E-state index is -1.17. The fourth-order valence-electron chi connectivity index (χ4n) is 4.18. The van der Waals surface area contributed by atoms with Gasteiger partial charge in [0, 0.05) is 6.42 Å². The fraction of sp³-hybridized carbons (Fsp3) is 0.467. The van der Waals surface area contributed by atoms with E-state index in [2.05, 4.69) is 16.0 Å². The number of hydrogen-bond donors (Lipinski definition) is 5. The summed E-state index contributed by atoms with van der Waals surface area (Å²) in [5.74, 6) is -3.25. The highest BCUT2D eigenvalue weighted by Gasteiger charge is 2.34. The van der Waals surface area contributed by atoms with Crippen molar-refractivity contribution < 1.29 is 24.3 Å². The number of hydrogen-bond acceptors (Lipinski definition) is 5. The maximum absolute atomic E-state index is 13.4. The predicted octanol–water partition coefficient (Wildman–Crippen LogP) is 2.43. The Morgan fingerprint density at radius 3 is 1.54 bits per heavy atom. The summed E-state index contributed by atoms with van der Waals surface area (Å²) in [5.41, 5.74) is 7.81. The summed E-state index contributed by atoms with van der Waals surface area (Å²) in [5, 5.41) is 17.9. The first-order valence-electron chi connectivity index (χ1n) is 13.5. The van der Waals surface area contributed by atoms with Gasteiger partial charge in [0.1, 0.15) is 18.1 Å². The van der Waals surface area contributed by atoms with Gasteiger partial charge in [0.15, 0.2) is 0 Å². The molecule has 0 bridgehead atoms. The summed E-state index contributed by atoms with van der Waals surface area (Å²) in [4.78, 5) is 51.6.